The number of esters is 1. The van der Waals surface area contributed by atoms with Crippen molar-refractivity contribution in [2.24, 2.45) is 5.73 Å². The van der Waals surface area contributed by atoms with E-state index in [9.17, 15) is 9.59 Å². The number of hydrogen-bond donors (Lipinski definition) is 2. The number of carbonyl (C=O) groups excluding carboxylic acids is 2. The number of ether oxygens (including phenoxy) is 1. The Morgan fingerprint density at radius 1 is 1.18 bits per heavy atom. The third-order valence-corrected chi connectivity index (χ3v) is 2.09. The summed E-state index contributed by atoms with van der Waals surface area (Å²) in [5.74, 6) is -0.486. The maximum Gasteiger partial charge on any atom is 0.325 e. The van der Waals surface area contributed by atoms with E-state index in [4.69, 9.17) is 5.73 Å². The minimum Gasteiger partial charge on any atom is -0.465 e. The van der Waals surface area contributed by atoms with Crippen LogP contribution in [0.4, 0.5) is 0 Å². The van der Waals surface area contributed by atoms with Crippen LogP contribution in [0.2, 0.25) is 0 Å². The zero-order valence-corrected chi connectivity index (χ0v) is 11.2. The van der Waals surface area contributed by atoms with Crippen LogP contribution in [0.25, 0.3) is 0 Å². The fraction of sp³-hybridized carbons (Fsp3) is 0.818. The summed E-state index contributed by atoms with van der Waals surface area (Å²) in [5.41, 5.74) is 5.35. The van der Waals surface area contributed by atoms with Gasteiger partial charge in [-0.1, -0.05) is 12.8 Å². The van der Waals surface area contributed by atoms with Crippen LogP contribution < -0.4 is 11.1 Å². The number of unbranched alkanes of at least 4 members (excludes halogenated alkanes) is 3. The second-order valence-electron chi connectivity index (χ2n) is 3.53. The summed E-state index contributed by atoms with van der Waals surface area (Å²) in [5, 5.41) is 2.52. The highest BCUT2D eigenvalue weighted by atomic mass is 35.5. The van der Waals surface area contributed by atoms with Gasteiger partial charge in [-0.3, -0.25) is 9.59 Å². The average molecular weight is 267 g/mol. The molecule has 0 bridgehead atoms. The first-order chi connectivity index (χ1) is 7.70. The van der Waals surface area contributed by atoms with Crippen molar-refractivity contribution in [3.05, 3.63) is 0 Å². The van der Waals surface area contributed by atoms with Gasteiger partial charge >= 0.3 is 5.97 Å². The second kappa shape index (κ2) is 13.3. The lowest BCUT2D eigenvalue weighted by Crippen LogP contribution is -2.30. The average Bonchev–Trinajstić information content (AvgIpc) is 2.26. The van der Waals surface area contributed by atoms with Crippen molar-refractivity contribution in [3.8, 4) is 0 Å². The van der Waals surface area contributed by atoms with Gasteiger partial charge in [-0.25, -0.2) is 0 Å². The molecule has 0 fully saturated rings. The van der Waals surface area contributed by atoms with Crippen LogP contribution in [-0.2, 0) is 14.3 Å². The number of halogens is 1. The second-order valence-corrected chi connectivity index (χ2v) is 3.53. The Morgan fingerprint density at radius 2 is 1.82 bits per heavy atom. The summed E-state index contributed by atoms with van der Waals surface area (Å²) in [6, 6.07) is 0. The number of nitrogens with two attached hydrogens (primary N) is 1. The zero-order chi connectivity index (χ0) is 12.2. The van der Waals surface area contributed by atoms with Crippen molar-refractivity contribution in [3.63, 3.8) is 0 Å². The normalized spacial score (nSPS) is 9.29. The molecule has 3 N–H and O–H groups in total. The topological polar surface area (TPSA) is 81.4 Å². The molecular weight excluding hydrogens is 244 g/mol. The summed E-state index contributed by atoms with van der Waals surface area (Å²) in [7, 11) is 0. The Kier molecular flexibility index (Phi) is 14.5. The Bertz CT molecular complexity index is 213. The van der Waals surface area contributed by atoms with E-state index in [-0.39, 0.29) is 30.8 Å². The summed E-state index contributed by atoms with van der Waals surface area (Å²) in [4.78, 5) is 22.2. The smallest absolute Gasteiger partial charge is 0.325 e. The van der Waals surface area contributed by atoms with Crippen LogP contribution >= 0.6 is 12.4 Å². The first-order valence-corrected chi connectivity index (χ1v) is 5.83. The van der Waals surface area contributed by atoms with Gasteiger partial charge < -0.3 is 15.8 Å². The van der Waals surface area contributed by atoms with Gasteiger partial charge in [0.2, 0.25) is 5.91 Å². The molecule has 0 aliphatic carbocycles. The fourth-order valence-corrected chi connectivity index (χ4v) is 1.25. The molecule has 0 radical (unpaired) electrons. The minimum absolute atomic E-state index is 0. The minimum atomic E-state index is -0.390. The van der Waals surface area contributed by atoms with Gasteiger partial charge in [0.05, 0.1) is 6.61 Å². The molecule has 0 heterocycles. The predicted octanol–water partition coefficient (Wildman–Crippen LogP) is 0.997. The van der Waals surface area contributed by atoms with Crippen molar-refractivity contribution < 1.29 is 14.3 Å². The highest BCUT2D eigenvalue weighted by molar-refractivity contribution is 5.85. The molecule has 102 valence electrons. The van der Waals surface area contributed by atoms with Crippen molar-refractivity contribution in [1.29, 1.82) is 0 Å². The lowest BCUT2D eigenvalue weighted by atomic mass is 10.1. The van der Waals surface area contributed by atoms with Crippen LogP contribution in [0, 0.1) is 0 Å². The Labute approximate surface area is 109 Å². The van der Waals surface area contributed by atoms with Crippen molar-refractivity contribution in [2.45, 2.75) is 39.0 Å². The first-order valence-electron chi connectivity index (χ1n) is 5.83. The molecule has 0 saturated carbocycles. The number of amides is 1. The van der Waals surface area contributed by atoms with Gasteiger partial charge in [0.1, 0.15) is 6.54 Å². The van der Waals surface area contributed by atoms with E-state index in [0.29, 0.717) is 19.6 Å². The quantitative estimate of drug-likeness (QED) is 0.482. The van der Waals surface area contributed by atoms with Gasteiger partial charge in [0, 0.05) is 6.42 Å². The molecule has 0 aliphatic rings. The zero-order valence-electron chi connectivity index (χ0n) is 10.4. The van der Waals surface area contributed by atoms with E-state index >= 15 is 0 Å². The Morgan fingerprint density at radius 3 is 2.41 bits per heavy atom. The first kappa shape index (κ1) is 18.6. The van der Waals surface area contributed by atoms with E-state index in [0.717, 1.165) is 25.7 Å². The molecule has 0 spiro atoms. The summed E-state index contributed by atoms with van der Waals surface area (Å²) >= 11 is 0. The monoisotopic (exact) mass is 266 g/mol. The maximum atomic E-state index is 11.2. The van der Waals surface area contributed by atoms with Crippen molar-refractivity contribution in [1.82, 2.24) is 5.32 Å². The largest absolute Gasteiger partial charge is 0.465 e. The Balaban J connectivity index is 0. The molecule has 0 aromatic heterocycles. The lowest BCUT2D eigenvalue weighted by molar-refractivity contribution is -0.143. The van der Waals surface area contributed by atoms with Crippen molar-refractivity contribution >= 4 is 24.3 Å². The van der Waals surface area contributed by atoms with Gasteiger partial charge in [-0.05, 0) is 26.3 Å². The van der Waals surface area contributed by atoms with Gasteiger partial charge in [-0.15, -0.1) is 12.4 Å². The van der Waals surface area contributed by atoms with Gasteiger partial charge in [0.25, 0.3) is 0 Å². The lowest BCUT2D eigenvalue weighted by Gasteiger charge is -2.04. The third-order valence-electron chi connectivity index (χ3n) is 2.09. The van der Waals surface area contributed by atoms with Crippen LogP contribution in [0.5, 0.6) is 0 Å². The Hall–Kier alpha value is -0.810. The number of hydrogen-bond acceptors (Lipinski definition) is 4. The van der Waals surface area contributed by atoms with Crippen LogP contribution in [-0.4, -0.2) is 31.6 Å². The van der Waals surface area contributed by atoms with E-state index in [1.165, 1.54) is 0 Å². The molecule has 0 aliphatic heterocycles. The van der Waals surface area contributed by atoms with E-state index < -0.39 is 0 Å². The summed E-state index contributed by atoms with van der Waals surface area (Å²) in [6.45, 7) is 2.75. The molecule has 17 heavy (non-hydrogen) atoms. The molecule has 0 aromatic rings. The van der Waals surface area contributed by atoms with Crippen molar-refractivity contribution in [2.75, 3.05) is 19.7 Å². The summed E-state index contributed by atoms with van der Waals surface area (Å²) in [6.07, 6.45) is 4.37. The van der Waals surface area contributed by atoms with Crippen LogP contribution in [0.15, 0.2) is 0 Å². The SMILES string of the molecule is CCOC(=O)CNC(=O)CCCCCCN.Cl. The van der Waals surface area contributed by atoms with Gasteiger partial charge in [0.15, 0.2) is 0 Å². The molecule has 1 amide bonds. The van der Waals surface area contributed by atoms with E-state index in [1.54, 1.807) is 6.92 Å². The number of nitrogens with one attached hydrogen (secondary N) is 1. The van der Waals surface area contributed by atoms with E-state index in [2.05, 4.69) is 10.1 Å². The molecule has 0 saturated heterocycles. The molecule has 0 rings (SSSR count). The molecular formula is C11H23ClN2O3. The number of carbonyl (C=O) groups is 2. The number of rotatable bonds is 9. The van der Waals surface area contributed by atoms with E-state index in [1.807, 2.05) is 0 Å². The van der Waals surface area contributed by atoms with Crippen LogP contribution in [0.1, 0.15) is 39.0 Å². The highest BCUT2D eigenvalue weighted by Crippen LogP contribution is 2.01. The molecule has 0 atom stereocenters. The molecule has 0 unspecified atom stereocenters. The fourth-order valence-electron chi connectivity index (χ4n) is 1.25. The standard InChI is InChI=1S/C11H22N2O3.ClH/c1-2-16-11(15)9-13-10(14)7-5-3-4-6-8-12;/h2-9,12H2,1H3,(H,13,14);1H. The molecule has 6 heteroatoms. The molecule has 0 aromatic carbocycles. The molecule has 5 nitrogen and oxygen atoms in total. The third kappa shape index (κ3) is 13.1. The summed E-state index contributed by atoms with van der Waals surface area (Å²) < 4.78 is 4.68. The highest BCUT2D eigenvalue weighted by Gasteiger charge is 2.05. The van der Waals surface area contributed by atoms with Crippen LogP contribution in [0.3, 0.4) is 0 Å². The maximum absolute atomic E-state index is 11.2. The van der Waals surface area contributed by atoms with Gasteiger partial charge in [-0.2, -0.15) is 0 Å². The predicted molar refractivity (Wildman–Crippen MR) is 69.0 cm³/mol.